The smallest absolute Gasteiger partial charge is 0.145 e. The van der Waals surface area contributed by atoms with E-state index in [0.717, 1.165) is 0 Å². The molecule has 2 aliphatic rings. The van der Waals surface area contributed by atoms with Crippen LogP contribution in [0.25, 0.3) is 0 Å². The first-order valence-corrected chi connectivity index (χ1v) is 6.77. The van der Waals surface area contributed by atoms with E-state index in [2.05, 4.69) is 0 Å². The van der Waals surface area contributed by atoms with Gasteiger partial charge in [-0.25, -0.2) is 0 Å². The number of ether oxygens (including phenoxy) is 2. The molecule has 10 atom stereocenters. The molecule has 2 aliphatic heterocycles. The highest BCUT2D eigenvalue weighted by Gasteiger charge is 2.59. The third kappa shape index (κ3) is 2.76. The van der Waals surface area contributed by atoms with E-state index < -0.39 is 74.2 Å². The maximum atomic E-state index is 10.6. The highest BCUT2D eigenvalue weighted by molar-refractivity contribution is 5.08. The number of rotatable bonds is 3. The summed E-state index contributed by atoms with van der Waals surface area (Å²) in [7, 11) is 0. The molecule has 10 heteroatoms. The molecule has 0 radical (unpaired) electrons. The van der Waals surface area contributed by atoms with Crippen molar-refractivity contribution in [3.05, 3.63) is 0 Å². The number of aliphatic hydroxyl groups excluding tert-OH is 7. The van der Waals surface area contributed by atoms with E-state index in [9.17, 15) is 30.6 Å². The molecule has 0 spiro atoms. The number of hydrogen-bond acceptors (Lipinski definition) is 10. The topological polar surface area (TPSA) is 180 Å². The van der Waals surface area contributed by atoms with E-state index in [0.29, 0.717) is 0 Å². The average molecular weight is 327 g/mol. The van der Waals surface area contributed by atoms with Gasteiger partial charge in [0.15, 0.2) is 0 Å². The first kappa shape index (κ1) is 16.5. The second kappa shape index (κ2) is 6.61. The summed E-state index contributed by atoms with van der Waals surface area (Å²) in [5.74, 6) is 0. The van der Waals surface area contributed by atoms with Crippen LogP contribution in [0.3, 0.4) is 0 Å². The Labute approximate surface area is 127 Å². The highest BCUT2D eigenvalue weighted by atomic mass is 16.6. The molecule has 22 heavy (non-hydrogen) atoms. The fourth-order valence-corrected chi connectivity index (χ4v) is 2.69. The summed E-state index contributed by atoms with van der Waals surface area (Å²) in [6.07, 6.45) is -13.8. The highest BCUT2D eigenvalue weighted by Crippen LogP contribution is 2.35. The van der Waals surface area contributed by atoms with Gasteiger partial charge in [-0.2, -0.15) is 0 Å². The minimum atomic E-state index is -2.68. The zero-order chi connectivity index (χ0) is 17.5. The molecule has 2 heterocycles. The minimum Gasteiger partial charge on any atom is -0.394 e. The van der Waals surface area contributed by atoms with Gasteiger partial charge in [-0.15, -0.1) is 0 Å². The molecule has 0 aromatic heterocycles. The maximum Gasteiger partial charge on any atom is 0.145 e. The van der Waals surface area contributed by atoms with Crippen molar-refractivity contribution in [2.75, 3.05) is 19.8 Å². The summed E-state index contributed by atoms with van der Waals surface area (Å²) < 4.78 is 17.9. The van der Waals surface area contributed by atoms with Crippen molar-refractivity contribution in [2.45, 2.75) is 54.4 Å². The summed E-state index contributed by atoms with van der Waals surface area (Å²) in [6, 6.07) is 0. The lowest BCUT2D eigenvalue weighted by atomic mass is 9.78. The third-order valence-electron chi connectivity index (χ3n) is 4.14. The van der Waals surface area contributed by atoms with Crippen molar-refractivity contribution in [1.82, 2.24) is 0 Å². The van der Waals surface area contributed by atoms with Crippen LogP contribution in [0, 0.1) is 0 Å². The van der Waals surface area contributed by atoms with Gasteiger partial charge in [0.05, 0.1) is 21.2 Å². The molecular formula is C12H22O10. The van der Waals surface area contributed by atoms with Gasteiger partial charge in [-0.1, -0.05) is 0 Å². The molecule has 130 valence electrons. The minimum absolute atomic E-state index is 0.724. The Kier molecular flexibility index (Phi) is 4.95. The normalized spacial score (nSPS) is 57.5. The molecule has 0 aromatic carbocycles. The standard InChI is InChI=1S/C12H22O10/c13-1-4-7(16)10(19)12(20,3-21-4)11-9(18)8(17)6(15)5(2-14)22-11/h4-11,13-20H,1-3H2/t4-,5-,6-,7+,8+,9-,10+,11?,12+/m1/s1/i3D/t3?,4-,5-,6-,7+,8+,9-,10+,11?,12+. The Morgan fingerprint density at radius 1 is 0.909 bits per heavy atom. The van der Waals surface area contributed by atoms with Gasteiger partial charge in [0.2, 0.25) is 0 Å². The summed E-state index contributed by atoms with van der Waals surface area (Å²) in [6.45, 7) is -3.43. The zero-order valence-corrected chi connectivity index (χ0v) is 11.5. The Bertz CT molecular complexity index is 411. The molecule has 0 amide bonds. The van der Waals surface area contributed by atoms with Crippen molar-refractivity contribution in [2.24, 2.45) is 0 Å². The lowest BCUT2D eigenvalue weighted by Gasteiger charge is -2.51. The number of hydrogen-bond donors (Lipinski definition) is 8. The molecular weight excluding hydrogens is 304 g/mol. The van der Waals surface area contributed by atoms with Crippen LogP contribution >= 0.6 is 0 Å². The van der Waals surface area contributed by atoms with Crippen LogP contribution in [0.4, 0.5) is 0 Å². The van der Waals surface area contributed by atoms with Crippen LogP contribution in [-0.2, 0) is 9.47 Å². The largest absolute Gasteiger partial charge is 0.394 e. The molecule has 2 rings (SSSR count). The Morgan fingerprint density at radius 3 is 2.05 bits per heavy atom. The van der Waals surface area contributed by atoms with Gasteiger partial charge in [0.25, 0.3) is 0 Å². The van der Waals surface area contributed by atoms with E-state index >= 15 is 0 Å². The van der Waals surface area contributed by atoms with Crippen LogP contribution in [0.2, 0.25) is 0 Å². The summed E-state index contributed by atoms with van der Waals surface area (Å²) >= 11 is 0. The Morgan fingerprint density at radius 2 is 1.50 bits per heavy atom. The van der Waals surface area contributed by atoms with E-state index in [1.54, 1.807) is 0 Å². The molecule has 10 nitrogen and oxygen atoms in total. The summed E-state index contributed by atoms with van der Waals surface area (Å²) in [5, 5.41) is 78.3. The quantitative estimate of drug-likeness (QED) is 0.249. The average Bonchev–Trinajstić information content (AvgIpc) is 2.54. The van der Waals surface area contributed by atoms with Crippen LogP contribution in [0.1, 0.15) is 1.37 Å². The molecule has 8 N–H and O–H groups in total. The fourth-order valence-electron chi connectivity index (χ4n) is 2.69. The second-order valence-electron chi connectivity index (χ2n) is 5.55. The summed E-state index contributed by atoms with van der Waals surface area (Å²) in [4.78, 5) is 0. The molecule has 0 aromatic rings. The van der Waals surface area contributed by atoms with E-state index in [1.807, 2.05) is 0 Å². The third-order valence-corrected chi connectivity index (χ3v) is 4.14. The monoisotopic (exact) mass is 327 g/mol. The lowest BCUT2D eigenvalue weighted by Crippen LogP contribution is -2.73. The van der Waals surface area contributed by atoms with Crippen LogP contribution in [0.5, 0.6) is 0 Å². The predicted molar refractivity (Wildman–Crippen MR) is 67.6 cm³/mol. The summed E-state index contributed by atoms with van der Waals surface area (Å²) in [5.41, 5.74) is -2.68. The van der Waals surface area contributed by atoms with Crippen LogP contribution in [-0.4, -0.2) is 115 Å². The SMILES string of the molecule is [2H]C1O[C@H](CO)[C@H](O)[C@H](O)[C@]1(O)C1O[C@H](CO)[C@@H](O)[C@H](O)[C@H]1O. The predicted octanol–water partition coefficient (Wildman–Crippen LogP) is -5.33. The van der Waals surface area contributed by atoms with Crippen LogP contribution in [0.15, 0.2) is 0 Å². The van der Waals surface area contributed by atoms with E-state index in [1.165, 1.54) is 0 Å². The van der Waals surface area contributed by atoms with E-state index in [-0.39, 0.29) is 0 Å². The molecule has 0 saturated carbocycles. The van der Waals surface area contributed by atoms with Gasteiger partial charge in [-0.05, 0) is 0 Å². The zero-order valence-electron chi connectivity index (χ0n) is 12.5. The van der Waals surface area contributed by atoms with Crippen molar-refractivity contribution < 1.29 is 51.7 Å². The maximum absolute atomic E-state index is 10.6. The fraction of sp³-hybridized carbons (Fsp3) is 1.00. The van der Waals surface area contributed by atoms with Crippen molar-refractivity contribution in [3.8, 4) is 0 Å². The molecule has 0 bridgehead atoms. The first-order valence-electron chi connectivity index (χ1n) is 7.35. The van der Waals surface area contributed by atoms with Crippen molar-refractivity contribution >= 4 is 0 Å². The van der Waals surface area contributed by atoms with Crippen molar-refractivity contribution in [3.63, 3.8) is 0 Å². The second-order valence-corrected chi connectivity index (χ2v) is 5.55. The van der Waals surface area contributed by atoms with Crippen molar-refractivity contribution in [1.29, 1.82) is 0 Å². The molecule has 2 saturated heterocycles. The lowest BCUT2D eigenvalue weighted by molar-refractivity contribution is -0.323. The molecule has 2 fully saturated rings. The first-order chi connectivity index (χ1) is 10.7. The molecule has 2 unspecified atom stereocenters. The number of aliphatic hydroxyl groups is 8. The van der Waals surface area contributed by atoms with Gasteiger partial charge < -0.3 is 50.3 Å². The Hall–Kier alpha value is -0.400. The van der Waals surface area contributed by atoms with E-state index in [4.69, 9.17) is 21.1 Å². The van der Waals surface area contributed by atoms with Crippen LogP contribution < -0.4 is 0 Å². The Balaban J connectivity index is 2.33. The van der Waals surface area contributed by atoms with Gasteiger partial charge in [0, 0.05) is 0 Å². The van der Waals surface area contributed by atoms with Gasteiger partial charge >= 0.3 is 0 Å². The molecule has 0 aliphatic carbocycles. The van der Waals surface area contributed by atoms with Gasteiger partial charge in [0.1, 0.15) is 54.4 Å². The van der Waals surface area contributed by atoms with Gasteiger partial charge in [-0.3, -0.25) is 0 Å².